The summed E-state index contributed by atoms with van der Waals surface area (Å²) in [5.41, 5.74) is 1.69. The van der Waals surface area contributed by atoms with E-state index < -0.39 is 0 Å². The first kappa shape index (κ1) is 19.4. The molecule has 112 valence electrons. The lowest BCUT2D eigenvalue weighted by molar-refractivity contribution is 0.833. The molecule has 3 nitrogen and oxygen atoms in total. The lowest BCUT2D eigenvalue weighted by Crippen LogP contribution is -2.12. The Balaban J connectivity index is 5.01. The number of nitrogens with zero attached hydrogens (tertiary/aromatic N) is 3. The molecule has 0 rings (SSSR count). The molecule has 0 N–H and O–H groups in total. The van der Waals surface area contributed by atoms with Gasteiger partial charge in [0.2, 0.25) is 0 Å². The van der Waals surface area contributed by atoms with Gasteiger partial charge in [0.1, 0.15) is 0 Å². The van der Waals surface area contributed by atoms with Crippen LogP contribution in [0.5, 0.6) is 0 Å². The molecule has 0 saturated heterocycles. The Bertz CT molecular complexity index is 460. The zero-order valence-corrected chi connectivity index (χ0v) is 13.9. The van der Waals surface area contributed by atoms with Crippen molar-refractivity contribution in [1.29, 1.82) is 15.8 Å². The Morgan fingerprint density at radius 1 is 1.05 bits per heavy atom. The van der Waals surface area contributed by atoms with Crippen LogP contribution in [-0.2, 0) is 0 Å². The SMILES string of the molecule is C/C=C\C=C(/C)C(CCC#N)P(CCC#N)CCCC#N. The summed E-state index contributed by atoms with van der Waals surface area (Å²) in [6.07, 6.45) is 11.5. The second-order valence-electron chi connectivity index (χ2n) is 4.85. The van der Waals surface area contributed by atoms with E-state index in [9.17, 15) is 0 Å². The molecule has 0 bridgehead atoms. The van der Waals surface area contributed by atoms with Gasteiger partial charge in [-0.25, -0.2) is 0 Å². The average Bonchev–Trinajstić information content (AvgIpc) is 2.50. The van der Waals surface area contributed by atoms with Crippen LogP contribution in [0.3, 0.4) is 0 Å². The fourth-order valence-electron chi connectivity index (χ4n) is 2.24. The molecule has 0 aliphatic carbocycles. The molecule has 2 atom stereocenters. The molecule has 0 saturated carbocycles. The van der Waals surface area contributed by atoms with Crippen LogP contribution in [0, 0.1) is 34.0 Å². The van der Waals surface area contributed by atoms with Crippen LogP contribution in [-0.4, -0.2) is 18.0 Å². The van der Waals surface area contributed by atoms with E-state index in [1.165, 1.54) is 5.57 Å². The van der Waals surface area contributed by atoms with Crippen molar-refractivity contribution in [2.24, 2.45) is 0 Å². The quantitative estimate of drug-likeness (QED) is 0.328. The van der Waals surface area contributed by atoms with Gasteiger partial charge in [-0.3, -0.25) is 0 Å². The van der Waals surface area contributed by atoms with Gasteiger partial charge in [-0.15, -0.1) is 0 Å². The molecule has 0 aromatic heterocycles. The van der Waals surface area contributed by atoms with E-state index in [4.69, 9.17) is 15.8 Å². The Morgan fingerprint density at radius 2 is 1.71 bits per heavy atom. The molecular weight excluding hydrogens is 277 g/mol. The summed E-state index contributed by atoms with van der Waals surface area (Å²) in [6, 6.07) is 6.66. The van der Waals surface area contributed by atoms with E-state index in [1.54, 1.807) is 0 Å². The standard InChI is InChI=1S/C17H24N3P/c1-3-4-9-16(2)17(10-7-12-19)21(15-8-13-20)14-6-5-11-18/h3-4,9,17H,5-8,10,14-15H2,1-2H3/b4-3-,16-9+. The summed E-state index contributed by atoms with van der Waals surface area (Å²) in [7, 11) is -0.336. The molecule has 0 aliphatic heterocycles. The van der Waals surface area contributed by atoms with Crippen molar-refractivity contribution in [3.63, 3.8) is 0 Å². The maximum Gasteiger partial charge on any atom is 0.0625 e. The van der Waals surface area contributed by atoms with Gasteiger partial charge >= 0.3 is 0 Å². The van der Waals surface area contributed by atoms with Gasteiger partial charge < -0.3 is 0 Å². The zero-order chi connectivity index (χ0) is 15.9. The number of hydrogen-bond acceptors (Lipinski definition) is 3. The minimum Gasteiger partial charge on any atom is -0.198 e. The van der Waals surface area contributed by atoms with Gasteiger partial charge in [0.15, 0.2) is 0 Å². The number of nitriles is 3. The van der Waals surface area contributed by atoms with Gasteiger partial charge in [0.25, 0.3) is 0 Å². The van der Waals surface area contributed by atoms with Crippen LogP contribution in [0.2, 0.25) is 0 Å². The average molecular weight is 301 g/mol. The number of unbranched alkanes of at least 4 members (excludes halogenated alkanes) is 1. The fourth-order valence-corrected chi connectivity index (χ4v) is 5.19. The van der Waals surface area contributed by atoms with E-state index in [0.29, 0.717) is 24.9 Å². The van der Waals surface area contributed by atoms with Crippen molar-refractivity contribution in [3.8, 4) is 18.2 Å². The molecular formula is C17H24N3P. The van der Waals surface area contributed by atoms with Gasteiger partial charge in [0, 0.05) is 24.9 Å². The highest BCUT2D eigenvalue weighted by Gasteiger charge is 2.21. The van der Waals surface area contributed by atoms with Crippen LogP contribution < -0.4 is 0 Å². The lowest BCUT2D eigenvalue weighted by Gasteiger charge is -2.27. The van der Waals surface area contributed by atoms with Crippen molar-refractivity contribution in [2.75, 3.05) is 12.3 Å². The number of allylic oxidation sites excluding steroid dienone is 4. The molecule has 4 heteroatoms. The largest absolute Gasteiger partial charge is 0.198 e. The van der Waals surface area contributed by atoms with Gasteiger partial charge in [-0.1, -0.05) is 31.7 Å². The van der Waals surface area contributed by atoms with E-state index in [2.05, 4.69) is 31.2 Å². The molecule has 0 radical (unpaired) electrons. The predicted octanol–water partition coefficient (Wildman–Crippen LogP) is 4.88. The molecule has 2 unspecified atom stereocenters. The highest BCUT2D eigenvalue weighted by molar-refractivity contribution is 7.58. The molecule has 0 spiro atoms. The maximum absolute atomic E-state index is 8.87. The van der Waals surface area contributed by atoms with Crippen LogP contribution in [0.15, 0.2) is 23.8 Å². The number of hydrogen-bond donors (Lipinski definition) is 0. The second kappa shape index (κ2) is 13.4. The molecule has 0 heterocycles. The third-order valence-electron chi connectivity index (χ3n) is 3.29. The Labute approximate surface area is 130 Å². The first-order chi connectivity index (χ1) is 10.2. The molecule has 0 aromatic rings. The third kappa shape index (κ3) is 9.02. The summed E-state index contributed by atoms with van der Waals surface area (Å²) in [5.74, 6) is 0. The fraction of sp³-hybridized carbons (Fsp3) is 0.588. The Kier molecular flexibility index (Phi) is 12.3. The molecule has 0 amide bonds. The summed E-state index contributed by atoms with van der Waals surface area (Å²) < 4.78 is 0. The first-order valence-corrected chi connectivity index (χ1v) is 9.13. The zero-order valence-electron chi connectivity index (χ0n) is 13.0. The third-order valence-corrected chi connectivity index (χ3v) is 6.53. The molecule has 0 aromatic carbocycles. The summed E-state index contributed by atoms with van der Waals surface area (Å²) >= 11 is 0. The smallest absolute Gasteiger partial charge is 0.0625 e. The van der Waals surface area contributed by atoms with Gasteiger partial charge in [-0.2, -0.15) is 15.8 Å². The minimum absolute atomic E-state index is 0.336. The topological polar surface area (TPSA) is 71.4 Å². The molecule has 0 fully saturated rings. The Morgan fingerprint density at radius 3 is 2.29 bits per heavy atom. The summed E-state index contributed by atoms with van der Waals surface area (Å²) in [5, 5.41) is 26.4. The van der Waals surface area contributed by atoms with E-state index in [1.807, 2.05) is 19.1 Å². The van der Waals surface area contributed by atoms with E-state index in [0.717, 1.165) is 25.2 Å². The van der Waals surface area contributed by atoms with Crippen molar-refractivity contribution in [1.82, 2.24) is 0 Å². The summed E-state index contributed by atoms with van der Waals surface area (Å²) in [6.45, 7) is 4.10. The van der Waals surface area contributed by atoms with Gasteiger partial charge in [-0.05, 0) is 39.0 Å². The highest BCUT2D eigenvalue weighted by atomic mass is 31.1. The van der Waals surface area contributed by atoms with Crippen LogP contribution in [0.1, 0.15) is 46.0 Å². The second-order valence-corrected chi connectivity index (χ2v) is 7.55. The van der Waals surface area contributed by atoms with Gasteiger partial charge in [0.05, 0.1) is 18.2 Å². The minimum atomic E-state index is -0.336. The highest BCUT2D eigenvalue weighted by Crippen LogP contribution is 2.48. The van der Waals surface area contributed by atoms with E-state index in [-0.39, 0.29) is 7.92 Å². The predicted molar refractivity (Wildman–Crippen MR) is 88.9 cm³/mol. The maximum atomic E-state index is 8.87. The normalized spacial score (nSPS) is 14.1. The van der Waals surface area contributed by atoms with Crippen LogP contribution >= 0.6 is 7.92 Å². The monoisotopic (exact) mass is 301 g/mol. The Hall–Kier alpha value is -1.62. The van der Waals surface area contributed by atoms with Crippen molar-refractivity contribution >= 4 is 7.92 Å². The van der Waals surface area contributed by atoms with Crippen molar-refractivity contribution in [3.05, 3.63) is 23.8 Å². The molecule has 0 aliphatic rings. The summed E-state index contributed by atoms with van der Waals surface area (Å²) in [4.78, 5) is 0. The number of rotatable bonds is 10. The van der Waals surface area contributed by atoms with Crippen LogP contribution in [0.25, 0.3) is 0 Å². The van der Waals surface area contributed by atoms with Crippen LogP contribution in [0.4, 0.5) is 0 Å². The lowest BCUT2D eigenvalue weighted by atomic mass is 10.1. The van der Waals surface area contributed by atoms with E-state index >= 15 is 0 Å². The van der Waals surface area contributed by atoms with Crippen molar-refractivity contribution in [2.45, 2.75) is 51.6 Å². The molecule has 21 heavy (non-hydrogen) atoms. The first-order valence-electron chi connectivity index (χ1n) is 7.35. The van der Waals surface area contributed by atoms with Crippen molar-refractivity contribution < 1.29 is 0 Å².